The Hall–Kier alpha value is -0.500. The number of nitrogens with one attached hydrogen (secondary N) is 2. The van der Waals surface area contributed by atoms with Crippen LogP contribution in [0, 0.1) is 0 Å². The summed E-state index contributed by atoms with van der Waals surface area (Å²) in [4.78, 5) is 0. The molecule has 1 saturated heterocycles. The number of alkyl halides is 6. The molecule has 0 aromatic rings. The highest BCUT2D eigenvalue weighted by Gasteiger charge is 2.54. The minimum absolute atomic E-state index is 1.05. The van der Waals surface area contributed by atoms with E-state index < -0.39 is 30.6 Å². The molecule has 14 heavy (non-hydrogen) atoms. The fraction of sp³-hybridized carbons (Fsp3) is 1.00. The van der Waals surface area contributed by atoms with Crippen LogP contribution in [0.4, 0.5) is 26.3 Å². The van der Waals surface area contributed by atoms with E-state index in [0.717, 1.165) is 6.92 Å². The average molecular weight is 222 g/mol. The summed E-state index contributed by atoms with van der Waals surface area (Å²) in [6, 6.07) is -3.45. The standard InChI is InChI=1S/C6H8F6N2/c1-2-3(5(7,8)9)14-4(13-2)6(10,11)12/h2-4,13-14H,1H3. The zero-order chi connectivity index (χ0) is 11.1. The third-order valence-electron chi connectivity index (χ3n) is 1.96. The van der Waals surface area contributed by atoms with Crippen molar-refractivity contribution in [2.45, 2.75) is 37.5 Å². The van der Waals surface area contributed by atoms with E-state index in [1.54, 1.807) is 5.32 Å². The summed E-state index contributed by atoms with van der Waals surface area (Å²) in [6.07, 6.45) is -11.7. The molecule has 0 bridgehead atoms. The van der Waals surface area contributed by atoms with Crippen molar-refractivity contribution in [2.75, 3.05) is 0 Å². The van der Waals surface area contributed by atoms with Gasteiger partial charge in [-0.3, -0.25) is 10.6 Å². The van der Waals surface area contributed by atoms with E-state index in [2.05, 4.69) is 0 Å². The predicted molar refractivity (Wildman–Crippen MR) is 35.4 cm³/mol. The molecule has 0 amide bonds. The Kier molecular flexibility index (Phi) is 2.70. The summed E-state index contributed by atoms with van der Waals surface area (Å²) in [6.45, 7) is 1.05. The topological polar surface area (TPSA) is 24.1 Å². The molecule has 8 heteroatoms. The van der Waals surface area contributed by atoms with Crippen molar-refractivity contribution in [1.82, 2.24) is 10.6 Å². The van der Waals surface area contributed by atoms with Crippen molar-refractivity contribution in [2.24, 2.45) is 0 Å². The SMILES string of the molecule is CC1NC(C(F)(F)F)NC1C(F)(F)F. The van der Waals surface area contributed by atoms with Crippen LogP contribution in [0.25, 0.3) is 0 Å². The zero-order valence-electron chi connectivity index (χ0n) is 7.00. The molecule has 3 unspecified atom stereocenters. The van der Waals surface area contributed by atoms with Gasteiger partial charge in [-0.1, -0.05) is 0 Å². The summed E-state index contributed by atoms with van der Waals surface area (Å²) in [5.41, 5.74) is 0. The summed E-state index contributed by atoms with van der Waals surface area (Å²) in [7, 11) is 0. The smallest absolute Gasteiger partial charge is 0.290 e. The van der Waals surface area contributed by atoms with Crippen molar-refractivity contribution in [1.29, 1.82) is 0 Å². The molecule has 1 fully saturated rings. The molecular formula is C6H8F6N2. The molecule has 2 N–H and O–H groups in total. The summed E-state index contributed by atoms with van der Waals surface area (Å²) in [5.74, 6) is 0. The molecule has 1 rings (SSSR count). The molecule has 1 aliphatic heterocycles. The highest BCUT2D eigenvalue weighted by molar-refractivity contribution is 4.97. The van der Waals surface area contributed by atoms with Crippen LogP contribution in [0.2, 0.25) is 0 Å². The molecule has 1 aliphatic rings. The molecule has 0 radical (unpaired) electrons. The van der Waals surface area contributed by atoms with E-state index >= 15 is 0 Å². The Bertz CT molecular complexity index is 209. The van der Waals surface area contributed by atoms with Crippen LogP contribution in [0.15, 0.2) is 0 Å². The van der Waals surface area contributed by atoms with Crippen molar-refractivity contribution in [3.63, 3.8) is 0 Å². The van der Waals surface area contributed by atoms with Crippen LogP contribution in [-0.2, 0) is 0 Å². The van der Waals surface area contributed by atoms with Gasteiger partial charge in [0, 0.05) is 6.04 Å². The van der Waals surface area contributed by atoms with Crippen molar-refractivity contribution < 1.29 is 26.3 Å². The van der Waals surface area contributed by atoms with Gasteiger partial charge in [0.2, 0.25) is 0 Å². The van der Waals surface area contributed by atoms with E-state index in [0.29, 0.717) is 0 Å². The van der Waals surface area contributed by atoms with Crippen LogP contribution >= 0.6 is 0 Å². The lowest BCUT2D eigenvalue weighted by atomic mass is 10.2. The first-order valence-corrected chi connectivity index (χ1v) is 3.78. The normalized spacial score (nSPS) is 34.9. The van der Waals surface area contributed by atoms with Gasteiger partial charge in [0.05, 0.1) is 0 Å². The number of halogens is 6. The van der Waals surface area contributed by atoms with E-state index in [1.165, 1.54) is 5.32 Å². The summed E-state index contributed by atoms with van der Waals surface area (Å²) >= 11 is 0. The van der Waals surface area contributed by atoms with E-state index in [9.17, 15) is 26.3 Å². The molecule has 3 atom stereocenters. The highest BCUT2D eigenvalue weighted by atomic mass is 19.4. The first-order chi connectivity index (χ1) is 6.12. The second-order valence-electron chi connectivity index (χ2n) is 3.12. The zero-order valence-corrected chi connectivity index (χ0v) is 7.00. The van der Waals surface area contributed by atoms with Gasteiger partial charge in [-0.05, 0) is 6.92 Å². The van der Waals surface area contributed by atoms with Gasteiger partial charge >= 0.3 is 12.4 Å². The van der Waals surface area contributed by atoms with Crippen LogP contribution in [0.3, 0.4) is 0 Å². The monoisotopic (exact) mass is 222 g/mol. The lowest BCUT2D eigenvalue weighted by Crippen LogP contribution is -2.49. The van der Waals surface area contributed by atoms with E-state index in [4.69, 9.17) is 0 Å². The maximum Gasteiger partial charge on any atom is 0.417 e. The fourth-order valence-corrected chi connectivity index (χ4v) is 1.30. The summed E-state index contributed by atoms with van der Waals surface area (Å²) in [5, 5.41) is 3.25. The first kappa shape index (κ1) is 11.6. The minimum atomic E-state index is -4.71. The number of hydrogen-bond donors (Lipinski definition) is 2. The molecule has 0 aliphatic carbocycles. The largest absolute Gasteiger partial charge is 0.417 e. The van der Waals surface area contributed by atoms with Gasteiger partial charge in [-0.25, -0.2) is 0 Å². The quantitative estimate of drug-likeness (QED) is 0.605. The average Bonchev–Trinajstić information content (AvgIpc) is 2.27. The van der Waals surface area contributed by atoms with Gasteiger partial charge in [0.15, 0.2) is 6.17 Å². The van der Waals surface area contributed by atoms with E-state index in [1.807, 2.05) is 0 Å². The molecule has 0 saturated carbocycles. The maximum absolute atomic E-state index is 12.1. The lowest BCUT2D eigenvalue weighted by molar-refractivity contribution is -0.173. The minimum Gasteiger partial charge on any atom is -0.290 e. The van der Waals surface area contributed by atoms with Gasteiger partial charge in [-0.15, -0.1) is 0 Å². The molecule has 0 aromatic heterocycles. The molecular weight excluding hydrogens is 214 g/mol. The molecule has 0 aromatic carbocycles. The molecule has 2 nitrogen and oxygen atoms in total. The van der Waals surface area contributed by atoms with Crippen molar-refractivity contribution >= 4 is 0 Å². The molecule has 1 heterocycles. The van der Waals surface area contributed by atoms with Gasteiger partial charge < -0.3 is 0 Å². The Labute approximate surface area is 75.7 Å². The molecule has 0 spiro atoms. The Morgan fingerprint density at radius 3 is 1.57 bits per heavy atom. The summed E-state index contributed by atoms with van der Waals surface area (Å²) < 4.78 is 72.3. The highest BCUT2D eigenvalue weighted by Crippen LogP contribution is 2.30. The van der Waals surface area contributed by atoms with E-state index in [-0.39, 0.29) is 0 Å². The third-order valence-corrected chi connectivity index (χ3v) is 1.96. The predicted octanol–water partition coefficient (Wildman–Crippen LogP) is 1.39. The first-order valence-electron chi connectivity index (χ1n) is 3.78. The Balaban J connectivity index is 2.70. The Morgan fingerprint density at radius 1 is 0.857 bits per heavy atom. The lowest BCUT2D eigenvalue weighted by Gasteiger charge is -2.18. The fourth-order valence-electron chi connectivity index (χ4n) is 1.30. The number of rotatable bonds is 0. The molecule has 84 valence electrons. The number of hydrogen-bond acceptors (Lipinski definition) is 2. The van der Waals surface area contributed by atoms with Crippen LogP contribution in [-0.4, -0.2) is 30.6 Å². The van der Waals surface area contributed by atoms with Gasteiger partial charge in [0.25, 0.3) is 0 Å². The van der Waals surface area contributed by atoms with Gasteiger partial charge in [0.1, 0.15) is 6.04 Å². The second-order valence-corrected chi connectivity index (χ2v) is 3.12. The van der Waals surface area contributed by atoms with Crippen molar-refractivity contribution in [3.05, 3.63) is 0 Å². The Morgan fingerprint density at radius 2 is 1.36 bits per heavy atom. The van der Waals surface area contributed by atoms with Crippen LogP contribution in [0.5, 0.6) is 0 Å². The van der Waals surface area contributed by atoms with Gasteiger partial charge in [-0.2, -0.15) is 26.3 Å². The van der Waals surface area contributed by atoms with Crippen molar-refractivity contribution in [3.8, 4) is 0 Å². The van der Waals surface area contributed by atoms with Crippen LogP contribution in [0.1, 0.15) is 6.92 Å². The maximum atomic E-state index is 12.1. The van der Waals surface area contributed by atoms with Crippen LogP contribution < -0.4 is 10.6 Å². The second kappa shape index (κ2) is 3.27. The third kappa shape index (κ3) is 2.30.